The molecule has 0 saturated heterocycles. The lowest BCUT2D eigenvalue weighted by molar-refractivity contribution is -0.160. The van der Waals surface area contributed by atoms with Crippen molar-refractivity contribution in [3.63, 3.8) is 0 Å². The standard InChI is InChI=1S/C20H33NO3/c1-5-8-9-10-11-16-21-17-12-14-18(15-13-17)24-20(4,6-2)19(22)23-7-3/h12-15,21H,5-11,16H2,1-4H3. The fourth-order valence-corrected chi connectivity index (χ4v) is 2.40. The average Bonchev–Trinajstić information content (AvgIpc) is 2.59. The summed E-state index contributed by atoms with van der Waals surface area (Å²) in [5.41, 5.74) is 0.136. The number of carbonyl (C=O) groups excluding carboxylic acids is 1. The lowest BCUT2D eigenvalue weighted by Gasteiger charge is -2.27. The summed E-state index contributed by atoms with van der Waals surface area (Å²) in [6.45, 7) is 9.07. The van der Waals surface area contributed by atoms with Crippen molar-refractivity contribution in [1.82, 2.24) is 0 Å². The van der Waals surface area contributed by atoms with Gasteiger partial charge in [-0.2, -0.15) is 0 Å². The molecule has 1 aromatic rings. The zero-order chi connectivity index (χ0) is 17.8. The number of ether oxygens (including phenoxy) is 2. The van der Waals surface area contributed by atoms with Gasteiger partial charge in [0.25, 0.3) is 0 Å². The van der Waals surface area contributed by atoms with Crippen LogP contribution in [0.1, 0.15) is 66.2 Å². The van der Waals surface area contributed by atoms with E-state index in [1.54, 1.807) is 13.8 Å². The zero-order valence-electron chi connectivity index (χ0n) is 15.7. The van der Waals surface area contributed by atoms with Crippen molar-refractivity contribution in [2.75, 3.05) is 18.5 Å². The quantitative estimate of drug-likeness (QED) is 0.422. The van der Waals surface area contributed by atoms with Crippen LogP contribution in [0.2, 0.25) is 0 Å². The number of anilines is 1. The molecule has 0 aromatic heterocycles. The number of rotatable bonds is 12. The predicted octanol–water partition coefficient (Wildman–Crippen LogP) is 5.18. The van der Waals surface area contributed by atoms with Crippen molar-refractivity contribution in [1.29, 1.82) is 0 Å². The van der Waals surface area contributed by atoms with Gasteiger partial charge in [-0.15, -0.1) is 0 Å². The Morgan fingerprint density at radius 3 is 2.29 bits per heavy atom. The number of unbranched alkanes of at least 4 members (excludes halogenated alkanes) is 4. The van der Waals surface area contributed by atoms with Crippen molar-refractivity contribution >= 4 is 11.7 Å². The molecule has 0 aliphatic rings. The maximum absolute atomic E-state index is 12.1. The number of hydrogen-bond donors (Lipinski definition) is 1. The largest absolute Gasteiger partial charge is 0.476 e. The molecular formula is C20H33NO3. The summed E-state index contributed by atoms with van der Waals surface area (Å²) in [5.74, 6) is 0.364. The Balaban J connectivity index is 2.47. The molecule has 0 aliphatic heterocycles. The van der Waals surface area contributed by atoms with Gasteiger partial charge in [0.1, 0.15) is 5.75 Å². The molecule has 0 bridgehead atoms. The zero-order valence-corrected chi connectivity index (χ0v) is 15.7. The molecule has 0 fully saturated rings. The van der Waals surface area contributed by atoms with Crippen molar-refractivity contribution in [2.24, 2.45) is 0 Å². The van der Waals surface area contributed by atoms with E-state index in [0.717, 1.165) is 12.2 Å². The van der Waals surface area contributed by atoms with E-state index in [2.05, 4.69) is 12.2 Å². The van der Waals surface area contributed by atoms with E-state index in [1.807, 2.05) is 31.2 Å². The monoisotopic (exact) mass is 335 g/mol. The summed E-state index contributed by atoms with van der Waals surface area (Å²) in [6, 6.07) is 7.77. The third-order valence-corrected chi connectivity index (χ3v) is 4.19. The number of hydrogen-bond acceptors (Lipinski definition) is 4. The second-order valence-electron chi connectivity index (χ2n) is 6.27. The van der Waals surface area contributed by atoms with Crippen LogP contribution in [-0.4, -0.2) is 24.7 Å². The molecule has 0 aliphatic carbocycles. The van der Waals surface area contributed by atoms with Gasteiger partial charge in [0.2, 0.25) is 5.60 Å². The number of benzene rings is 1. The summed E-state index contributed by atoms with van der Waals surface area (Å²) in [4.78, 5) is 12.1. The molecule has 0 saturated carbocycles. The van der Waals surface area contributed by atoms with E-state index in [-0.39, 0.29) is 5.97 Å². The summed E-state index contributed by atoms with van der Waals surface area (Å²) in [5, 5.41) is 3.42. The van der Waals surface area contributed by atoms with Gasteiger partial charge >= 0.3 is 5.97 Å². The molecule has 136 valence electrons. The van der Waals surface area contributed by atoms with Gasteiger partial charge in [-0.3, -0.25) is 0 Å². The van der Waals surface area contributed by atoms with Crippen LogP contribution < -0.4 is 10.1 Å². The first-order valence-electron chi connectivity index (χ1n) is 9.25. The van der Waals surface area contributed by atoms with E-state index in [0.29, 0.717) is 18.8 Å². The third-order valence-electron chi connectivity index (χ3n) is 4.19. The first-order valence-corrected chi connectivity index (χ1v) is 9.25. The molecule has 1 rings (SSSR count). The van der Waals surface area contributed by atoms with E-state index in [4.69, 9.17) is 9.47 Å². The van der Waals surface area contributed by atoms with Crippen LogP contribution in [0.25, 0.3) is 0 Å². The molecule has 1 unspecified atom stereocenters. The Bertz CT molecular complexity index is 472. The maximum Gasteiger partial charge on any atom is 0.350 e. The Morgan fingerprint density at radius 2 is 1.71 bits per heavy atom. The molecule has 24 heavy (non-hydrogen) atoms. The minimum absolute atomic E-state index is 0.318. The summed E-state index contributed by atoms with van der Waals surface area (Å²) >= 11 is 0. The fraction of sp³-hybridized carbons (Fsp3) is 0.650. The average molecular weight is 335 g/mol. The van der Waals surface area contributed by atoms with Gasteiger partial charge in [-0.25, -0.2) is 4.79 Å². The Hall–Kier alpha value is -1.71. The van der Waals surface area contributed by atoms with Crippen LogP contribution in [0.15, 0.2) is 24.3 Å². The first-order chi connectivity index (χ1) is 11.6. The molecule has 0 heterocycles. The highest BCUT2D eigenvalue weighted by atomic mass is 16.6. The van der Waals surface area contributed by atoms with Crippen molar-refractivity contribution in [3.8, 4) is 5.75 Å². The van der Waals surface area contributed by atoms with Gasteiger partial charge in [0.05, 0.1) is 6.61 Å². The van der Waals surface area contributed by atoms with E-state index in [9.17, 15) is 4.79 Å². The molecule has 4 nitrogen and oxygen atoms in total. The Morgan fingerprint density at radius 1 is 1.04 bits per heavy atom. The molecule has 0 radical (unpaired) electrons. The van der Waals surface area contributed by atoms with Crippen LogP contribution in [0.3, 0.4) is 0 Å². The van der Waals surface area contributed by atoms with Crippen molar-refractivity contribution in [3.05, 3.63) is 24.3 Å². The molecule has 0 amide bonds. The lowest BCUT2D eigenvalue weighted by Crippen LogP contribution is -2.42. The number of nitrogens with one attached hydrogen (secondary N) is 1. The van der Waals surface area contributed by atoms with E-state index >= 15 is 0 Å². The highest BCUT2D eigenvalue weighted by molar-refractivity contribution is 5.79. The number of carbonyl (C=O) groups is 1. The van der Waals surface area contributed by atoms with Gasteiger partial charge in [0.15, 0.2) is 0 Å². The summed E-state index contributed by atoms with van der Waals surface area (Å²) < 4.78 is 11.0. The van der Waals surface area contributed by atoms with Crippen molar-refractivity contribution < 1.29 is 14.3 Å². The molecule has 1 N–H and O–H groups in total. The highest BCUT2D eigenvalue weighted by Crippen LogP contribution is 2.24. The molecule has 0 spiro atoms. The van der Waals surface area contributed by atoms with Gasteiger partial charge < -0.3 is 14.8 Å². The smallest absolute Gasteiger partial charge is 0.350 e. The topological polar surface area (TPSA) is 47.6 Å². The summed E-state index contributed by atoms with van der Waals surface area (Å²) in [6.07, 6.45) is 6.93. The van der Waals surface area contributed by atoms with Crippen LogP contribution in [0.5, 0.6) is 5.75 Å². The van der Waals surface area contributed by atoms with E-state index in [1.165, 1.54) is 32.1 Å². The minimum Gasteiger partial charge on any atom is -0.476 e. The Labute approximate surface area is 146 Å². The van der Waals surface area contributed by atoms with Crippen molar-refractivity contribution in [2.45, 2.75) is 71.8 Å². The normalized spacial score (nSPS) is 13.2. The van der Waals surface area contributed by atoms with Crippen LogP contribution in [-0.2, 0) is 9.53 Å². The van der Waals surface area contributed by atoms with Gasteiger partial charge in [-0.1, -0.05) is 39.5 Å². The van der Waals surface area contributed by atoms with Crippen LogP contribution in [0, 0.1) is 0 Å². The van der Waals surface area contributed by atoms with E-state index < -0.39 is 5.60 Å². The predicted molar refractivity (Wildman–Crippen MR) is 99.6 cm³/mol. The van der Waals surface area contributed by atoms with Gasteiger partial charge in [-0.05, 0) is 51.0 Å². The third kappa shape index (κ3) is 6.81. The van der Waals surface area contributed by atoms with Gasteiger partial charge in [0, 0.05) is 12.2 Å². The highest BCUT2D eigenvalue weighted by Gasteiger charge is 2.35. The lowest BCUT2D eigenvalue weighted by atomic mass is 10.0. The number of esters is 1. The molecule has 1 aromatic carbocycles. The SMILES string of the molecule is CCCCCCCNc1ccc(OC(C)(CC)C(=O)OCC)cc1. The molecule has 1 atom stereocenters. The molecular weight excluding hydrogens is 302 g/mol. The second kappa shape index (κ2) is 11.0. The maximum atomic E-state index is 12.1. The second-order valence-corrected chi connectivity index (χ2v) is 6.27. The fourth-order valence-electron chi connectivity index (χ4n) is 2.40. The molecule has 4 heteroatoms. The first kappa shape index (κ1) is 20.3. The summed E-state index contributed by atoms with van der Waals surface area (Å²) in [7, 11) is 0. The van der Waals surface area contributed by atoms with Crippen LogP contribution in [0.4, 0.5) is 5.69 Å². The minimum atomic E-state index is -0.940. The Kier molecular flexibility index (Phi) is 9.28. The van der Waals surface area contributed by atoms with Crippen LogP contribution >= 0.6 is 0 Å².